The van der Waals surface area contributed by atoms with Crippen LogP contribution in [0.2, 0.25) is 0 Å². The molecule has 182 valence electrons. The van der Waals surface area contributed by atoms with Gasteiger partial charge in [0, 0.05) is 6.04 Å². The first-order chi connectivity index (χ1) is 17.5. The van der Waals surface area contributed by atoms with Gasteiger partial charge >= 0.3 is 0 Å². The average molecular weight is 499 g/mol. The normalized spacial score (nSPS) is 12.9. The van der Waals surface area contributed by atoms with E-state index in [-0.39, 0.29) is 29.2 Å². The predicted octanol–water partition coefficient (Wildman–Crippen LogP) is 4.57. The molecule has 0 bridgehead atoms. The summed E-state index contributed by atoms with van der Waals surface area (Å²) < 4.78 is 1.55. The van der Waals surface area contributed by atoms with Crippen molar-refractivity contribution in [1.29, 1.82) is 0 Å². The van der Waals surface area contributed by atoms with Crippen molar-refractivity contribution in [3.8, 4) is 5.69 Å². The minimum Gasteiger partial charge on any atom is -0.349 e. The second-order valence-electron chi connectivity index (χ2n) is 8.70. The van der Waals surface area contributed by atoms with Crippen LogP contribution in [0.25, 0.3) is 16.6 Å². The highest BCUT2D eigenvalue weighted by Crippen LogP contribution is 2.24. The van der Waals surface area contributed by atoms with Crippen molar-refractivity contribution in [2.24, 2.45) is 0 Å². The van der Waals surface area contributed by atoms with E-state index >= 15 is 0 Å². The Morgan fingerprint density at radius 3 is 2.47 bits per heavy atom. The third-order valence-electron chi connectivity index (χ3n) is 6.04. The molecule has 3 aromatic carbocycles. The highest BCUT2D eigenvalue weighted by Gasteiger charge is 2.25. The second-order valence-corrected chi connectivity index (χ2v) is 9.64. The molecule has 2 N–H and O–H groups in total. The number of fused-ring (bicyclic) bond motifs is 1. The molecule has 0 saturated heterocycles. The lowest BCUT2D eigenvalue weighted by atomic mass is 10.1. The zero-order valence-electron chi connectivity index (χ0n) is 19.9. The minimum absolute atomic E-state index is 0.0242. The van der Waals surface area contributed by atoms with Crippen molar-refractivity contribution in [3.05, 3.63) is 94.3 Å². The molecule has 1 fully saturated rings. The van der Waals surface area contributed by atoms with Gasteiger partial charge in [-0.15, -0.1) is 0 Å². The van der Waals surface area contributed by atoms with Gasteiger partial charge in [0.15, 0.2) is 5.16 Å². The van der Waals surface area contributed by atoms with E-state index in [1.54, 1.807) is 41.0 Å². The predicted molar refractivity (Wildman–Crippen MR) is 143 cm³/mol. The number of rotatable bonds is 8. The van der Waals surface area contributed by atoms with E-state index in [9.17, 15) is 14.4 Å². The van der Waals surface area contributed by atoms with Gasteiger partial charge in [-0.3, -0.25) is 19.0 Å². The van der Waals surface area contributed by atoms with Crippen molar-refractivity contribution >= 4 is 40.2 Å². The fourth-order valence-electron chi connectivity index (χ4n) is 3.91. The van der Waals surface area contributed by atoms with Crippen LogP contribution in [0.3, 0.4) is 0 Å². The first-order valence-electron chi connectivity index (χ1n) is 12.0. The van der Waals surface area contributed by atoms with E-state index in [4.69, 9.17) is 4.98 Å². The number of anilines is 1. The average Bonchev–Trinajstić information content (AvgIpc) is 3.72. The van der Waals surface area contributed by atoms with E-state index in [1.165, 1.54) is 17.3 Å². The summed E-state index contributed by atoms with van der Waals surface area (Å²) in [6.45, 7) is 2.08. The summed E-state index contributed by atoms with van der Waals surface area (Å²) in [5, 5.41) is 6.74. The van der Waals surface area contributed by atoms with Crippen LogP contribution in [0, 0.1) is 0 Å². The Morgan fingerprint density at radius 2 is 1.72 bits per heavy atom. The zero-order chi connectivity index (χ0) is 25.1. The number of hydrogen-bond acceptors (Lipinski definition) is 5. The zero-order valence-corrected chi connectivity index (χ0v) is 20.7. The third-order valence-corrected chi connectivity index (χ3v) is 6.98. The van der Waals surface area contributed by atoms with Gasteiger partial charge in [-0.2, -0.15) is 0 Å². The molecule has 0 atom stereocenters. The number of carbonyl (C=O) groups is 2. The van der Waals surface area contributed by atoms with Gasteiger partial charge in [0.2, 0.25) is 5.91 Å². The molecule has 0 aliphatic heterocycles. The minimum atomic E-state index is -0.290. The van der Waals surface area contributed by atoms with Crippen LogP contribution in [0.4, 0.5) is 5.69 Å². The van der Waals surface area contributed by atoms with E-state index in [0.29, 0.717) is 33.0 Å². The highest BCUT2D eigenvalue weighted by atomic mass is 32.2. The summed E-state index contributed by atoms with van der Waals surface area (Å²) in [6.07, 6.45) is 2.87. The van der Waals surface area contributed by atoms with Crippen molar-refractivity contribution in [2.75, 3.05) is 11.1 Å². The van der Waals surface area contributed by atoms with Gasteiger partial charge in [0.1, 0.15) is 0 Å². The van der Waals surface area contributed by atoms with Crippen LogP contribution in [0.15, 0.2) is 82.7 Å². The monoisotopic (exact) mass is 498 g/mol. The molecule has 0 spiro atoms. The number of hydrogen-bond donors (Lipinski definition) is 2. The van der Waals surface area contributed by atoms with Crippen molar-refractivity contribution in [1.82, 2.24) is 14.9 Å². The molecule has 4 aromatic rings. The highest BCUT2D eigenvalue weighted by molar-refractivity contribution is 7.99. The van der Waals surface area contributed by atoms with Crippen LogP contribution in [0.1, 0.15) is 35.7 Å². The number of benzene rings is 3. The van der Waals surface area contributed by atoms with E-state index in [0.717, 1.165) is 19.3 Å². The smallest absolute Gasteiger partial charge is 0.266 e. The van der Waals surface area contributed by atoms with Gasteiger partial charge in [-0.25, -0.2) is 4.98 Å². The number of carbonyl (C=O) groups excluding carboxylic acids is 2. The third kappa shape index (κ3) is 5.18. The number of nitrogens with zero attached hydrogens (tertiary/aromatic N) is 2. The lowest BCUT2D eigenvalue weighted by Gasteiger charge is -2.14. The summed E-state index contributed by atoms with van der Waals surface area (Å²) in [5.74, 6) is -0.459. The van der Waals surface area contributed by atoms with Gasteiger partial charge < -0.3 is 10.6 Å². The number of aromatic nitrogens is 2. The standard InChI is InChI=1S/C28H26N4O3S/c1-2-18-11-15-20(16-12-18)32-27(35)22-8-4-6-10-24(22)31-28(32)36-17-25(33)30-23-9-5-3-7-21(23)26(34)29-19-13-14-19/h3-12,15-16,19H,2,13-14,17H2,1H3,(H,29,34)(H,30,33). The number of aryl methyl sites for hydroxylation is 1. The molecule has 0 unspecified atom stereocenters. The molecule has 2 amide bonds. The molecular weight excluding hydrogens is 472 g/mol. The van der Waals surface area contributed by atoms with Crippen LogP contribution in [-0.4, -0.2) is 33.2 Å². The maximum Gasteiger partial charge on any atom is 0.266 e. The van der Waals surface area contributed by atoms with Gasteiger partial charge in [-0.1, -0.05) is 55.1 Å². The van der Waals surface area contributed by atoms with Crippen molar-refractivity contribution in [3.63, 3.8) is 0 Å². The van der Waals surface area contributed by atoms with Crippen molar-refractivity contribution < 1.29 is 9.59 Å². The van der Waals surface area contributed by atoms with Crippen LogP contribution in [-0.2, 0) is 11.2 Å². The van der Waals surface area contributed by atoms with Gasteiger partial charge in [0.25, 0.3) is 11.5 Å². The molecule has 1 aliphatic rings. The molecule has 8 heteroatoms. The topological polar surface area (TPSA) is 93.1 Å². The second kappa shape index (κ2) is 10.4. The Labute approximate surface area is 212 Å². The van der Waals surface area contributed by atoms with Crippen LogP contribution >= 0.6 is 11.8 Å². The molecule has 1 heterocycles. The summed E-state index contributed by atoms with van der Waals surface area (Å²) in [6, 6.07) is 22.1. The number of thioether (sulfide) groups is 1. The summed E-state index contributed by atoms with van der Waals surface area (Å²) in [4.78, 5) is 43.6. The molecule has 1 aliphatic carbocycles. The maximum absolute atomic E-state index is 13.4. The Morgan fingerprint density at radius 1 is 1.00 bits per heavy atom. The molecule has 5 rings (SSSR count). The maximum atomic E-state index is 13.4. The quantitative estimate of drug-likeness (QED) is 0.274. The Bertz CT molecular complexity index is 1490. The number of para-hydroxylation sites is 2. The largest absolute Gasteiger partial charge is 0.349 e. The molecular formula is C28H26N4O3S. The lowest BCUT2D eigenvalue weighted by Crippen LogP contribution is -2.27. The summed E-state index contributed by atoms with van der Waals surface area (Å²) in [7, 11) is 0. The number of nitrogens with one attached hydrogen (secondary N) is 2. The van der Waals surface area contributed by atoms with Crippen LogP contribution < -0.4 is 16.2 Å². The first kappa shape index (κ1) is 23.8. The SMILES string of the molecule is CCc1ccc(-n2c(SCC(=O)Nc3ccccc3C(=O)NC3CC3)nc3ccccc3c2=O)cc1. The molecule has 7 nitrogen and oxygen atoms in total. The fourth-order valence-corrected chi connectivity index (χ4v) is 4.73. The molecule has 1 aromatic heterocycles. The van der Waals surface area contributed by atoms with Gasteiger partial charge in [0.05, 0.1) is 33.6 Å². The Hall–Kier alpha value is -3.91. The van der Waals surface area contributed by atoms with E-state index < -0.39 is 0 Å². The molecule has 0 radical (unpaired) electrons. The van der Waals surface area contributed by atoms with E-state index in [1.807, 2.05) is 36.4 Å². The molecule has 36 heavy (non-hydrogen) atoms. The number of amides is 2. The lowest BCUT2D eigenvalue weighted by molar-refractivity contribution is -0.113. The Balaban J connectivity index is 1.40. The summed E-state index contributed by atoms with van der Waals surface area (Å²) in [5.41, 5.74) is 3.14. The Kier molecular flexibility index (Phi) is 6.86. The van der Waals surface area contributed by atoms with Gasteiger partial charge in [-0.05, 0) is 61.2 Å². The molecule has 1 saturated carbocycles. The van der Waals surface area contributed by atoms with Crippen LogP contribution in [0.5, 0.6) is 0 Å². The fraction of sp³-hybridized carbons (Fsp3) is 0.214. The summed E-state index contributed by atoms with van der Waals surface area (Å²) >= 11 is 1.18. The first-order valence-corrected chi connectivity index (χ1v) is 13.0. The van der Waals surface area contributed by atoms with E-state index in [2.05, 4.69) is 17.6 Å². The van der Waals surface area contributed by atoms with Crippen molar-refractivity contribution in [2.45, 2.75) is 37.4 Å².